The molecule has 3 aromatic rings. The lowest BCUT2D eigenvalue weighted by Crippen LogP contribution is -2.27. The normalized spacial score (nSPS) is 12.9. The number of hydrogen-bond acceptors (Lipinski definition) is 3. The maximum atomic E-state index is 12.6. The third-order valence-electron chi connectivity index (χ3n) is 3.90. The molecular formula is C18H18ClN3O2S. The van der Waals surface area contributed by atoms with Gasteiger partial charge in [-0.2, -0.15) is 0 Å². The summed E-state index contributed by atoms with van der Waals surface area (Å²) in [7, 11) is -3.71. The van der Waals surface area contributed by atoms with Crippen LogP contribution in [0, 0.1) is 6.92 Å². The quantitative estimate of drug-likeness (QED) is 0.736. The van der Waals surface area contributed by atoms with E-state index in [2.05, 4.69) is 9.71 Å². The Morgan fingerprint density at radius 1 is 1.16 bits per heavy atom. The summed E-state index contributed by atoms with van der Waals surface area (Å²) in [6.45, 7) is 3.66. The van der Waals surface area contributed by atoms with Crippen molar-refractivity contribution >= 4 is 21.6 Å². The van der Waals surface area contributed by atoms with Gasteiger partial charge in [-0.15, -0.1) is 0 Å². The molecular weight excluding hydrogens is 358 g/mol. The summed E-state index contributed by atoms with van der Waals surface area (Å²) >= 11 is 6.09. The van der Waals surface area contributed by atoms with Gasteiger partial charge in [0, 0.05) is 24.1 Å². The molecule has 1 aromatic heterocycles. The summed E-state index contributed by atoms with van der Waals surface area (Å²) in [5.74, 6) is 0. The van der Waals surface area contributed by atoms with Gasteiger partial charge in [-0.05, 0) is 49.2 Å². The second kappa shape index (κ2) is 7.00. The molecule has 0 bridgehead atoms. The summed E-state index contributed by atoms with van der Waals surface area (Å²) in [5.41, 5.74) is 2.72. The lowest BCUT2D eigenvalue weighted by atomic mass is 10.1. The van der Waals surface area contributed by atoms with Crippen LogP contribution in [-0.4, -0.2) is 18.0 Å². The monoisotopic (exact) mass is 375 g/mol. The predicted molar refractivity (Wildman–Crippen MR) is 98.5 cm³/mol. The average Bonchev–Trinajstić information content (AvgIpc) is 3.08. The molecule has 2 aromatic carbocycles. The molecule has 0 radical (unpaired) electrons. The highest BCUT2D eigenvalue weighted by Crippen LogP contribution is 2.24. The lowest BCUT2D eigenvalue weighted by molar-refractivity contribution is 0.567. The van der Waals surface area contributed by atoms with Crippen molar-refractivity contribution in [2.45, 2.75) is 24.8 Å². The van der Waals surface area contributed by atoms with Crippen LogP contribution in [-0.2, 0) is 10.0 Å². The molecule has 0 aliphatic rings. The summed E-state index contributed by atoms with van der Waals surface area (Å²) in [6.07, 6.45) is 5.26. The molecule has 0 saturated carbocycles. The molecule has 0 aliphatic carbocycles. The van der Waals surface area contributed by atoms with Gasteiger partial charge in [-0.1, -0.05) is 29.8 Å². The molecule has 3 rings (SSSR count). The maximum absolute atomic E-state index is 12.6. The lowest BCUT2D eigenvalue weighted by Gasteiger charge is -2.16. The third kappa shape index (κ3) is 3.92. The second-order valence-corrected chi connectivity index (χ2v) is 7.93. The highest BCUT2D eigenvalue weighted by molar-refractivity contribution is 7.89. The second-order valence-electron chi connectivity index (χ2n) is 5.84. The van der Waals surface area contributed by atoms with E-state index >= 15 is 0 Å². The summed E-state index contributed by atoms with van der Waals surface area (Å²) < 4.78 is 29.7. The van der Waals surface area contributed by atoms with Gasteiger partial charge in [0.25, 0.3) is 0 Å². The number of hydrogen-bond donors (Lipinski definition) is 1. The molecule has 130 valence electrons. The van der Waals surface area contributed by atoms with E-state index in [-0.39, 0.29) is 16.0 Å². The van der Waals surface area contributed by atoms with Crippen molar-refractivity contribution in [3.63, 3.8) is 0 Å². The first-order chi connectivity index (χ1) is 11.9. The molecule has 1 atom stereocenters. The number of nitrogens with one attached hydrogen (secondary N) is 1. The topological polar surface area (TPSA) is 64.0 Å². The Morgan fingerprint density at radius 2 is 1.88 bits per heavy atom. The van der Waals surface area contributed by atoms with Crippen LogP contribution in [0.2, 0.25) is 5.02 Å². The van der Waals surface area contributed by atoms with Crippen LogP contribution in [0.5, 0.6) is 0 Å². The molecule has 25 heavy (non-hydrogen) atoms. The highest BCUT2D eigenvalue weighted by atomic mass is 35.5. The average molecular weight is 376 g/mol. The number of rotatable bonds is 5. The van der Waals surface area contributed by atoms with Gasteiger partial charge in [0.2, 0.25) is 10.0 Å². The molecule has 0 spiro atoms. The van der Waals surface area contributed by atoms with E-state index in [1.165, 1.54) is 6.07 Å². The number of halogens is 1. The Morgan fingerprint density at radius 3 is 2.48 bits per heavy atom. The van der Waals surface area contributed by atoms with Crippen molar-refractivity contribution in [3.05, 3.63) is 77.3 Å². The summed E-state index contributed by atoms with van der Waals surface area (Å²) in [6, 6.07) is 12.1. The maximum Gasteiger partial charge on any atom is 0.242 e. The minimum absolute atomic E-state index is 0.0849. The van der Waals surface area contributed by atoms with E-state index in [4.69, 9.17) is 11.6 Å². The fourth-order valence-corrected chi connectivity index (χ4v) is 4.37. The van der Waals surface area contributed by atoms with Gasteiger partial charge in [-0.25, -0.2) is 18.1 Å². The number of nitrogens with zero attached hydrogens (tertiary/aromatic N) is 2. The molecule has 0 fully saturated rings. The van der Waals surface area contributed by atoms with E-state index in [1.54, 1.807) is 31.6 Å². The Labute approximate surface area is 152 Å². The molecule has 1 N–H and O–H groups in total. The van der Waals surface area contributed by atoms with Crippen molar-refractivity contribution in [2.75, 3.05) is 0 Å². The Kier molecular flexibility index (Phi) is 4.94. The molecule has 1 heterocycles. The Bertz CT molecular complexity index is 968. The minimum Gasteiger partial charge on any atom is -0.306 e. The van der Waals surface area contributed by atoms with Crippen molar-refractivity contribution in [1.29, 1.82) is 0 Å². The van der Waals surface area contributed by atoms with E-state index < -0.39 is 10.0 Å². The number of benzene rings is 2. The number of sulfonamides is 1. The Hall–Kier alpha value is -2.15. The Balaban J connectivity index is 1.80. The molecule has 7 heteroatoms. The predicted octanol–water partition coefficient (Wildman–Crippen LogP) is 3.87. The van der Waals surface area contributed by atoms with Gasteiger partial charge in [0.1, 0.15) is 4.90 Å². The fourth-order valence-electron chi connectivity index (χ4n) is 2.54. The van der Waals surface area contributed by atoms with Crippen LogP contribution in [0.15, 0.2) is 66.1 Å². The molecule has 0 aliphatic heterocycles. The molecule has 0 amide bonds. The SMILES string of the molecule is Cc1ccc(S(=O)(=O)NC(C)c2ccc(-n3ccnc3)cc2)c(Cl)c1. The smallest absolute Gasteiger partial charge is 0.242 e. The van der Waals surface area contributed by atoms with Gasteiger partial charge < -0.3 is 4.57 Å². The zero-order valence-corrected chi connectivity index (χ0v) is 15.4. The standard InChI is InChI=1S/C18H18ClN3O2S/c1-13-3-8-18(17(19)11-13)25(23,24)21-14(2)15-4-6-16(7-5-15)22-10-9-20-12-22/h3-12,14,21H,1-2H3. The van der Waals surface area contributed by atoms with Crippen LogP contribution >= 0.6 is 11.6 Å². The van der Waals surface area contributed by atoms with Gasteiger partial charge in [-0.3, -0.25) is 0 Å². The highest BCUT2D eigenvalue weighted by Gasteiger charge is 2.21. The van der Waals surface area contributed by atoms with E-state index in [1.807, 2.05) is 42.0 Å². The van der Waals surface area contributed by atoms with Crippen LogP contribution < -0.4 is 4.72 Å². The minimum atomic E-state index is -3.71. The van der Waals surface area contributed by atoms with Gasteiger partial charge in [0.15, 0.2) is 0 Å². The molecule has 0 saturated heterocycles. The zero-order valence-electron chi connectivity index (χ0n) is 13.8. The number of aromatic nitrogens is 2. The molecule has 5 nitrogen and oxygen atoms in total. The third-order valence-corrected chi connectivity index (χ3v) is 5.93. The first-order valence-corrected chi connectivity index (χ1v) is 9.60. The summed E-state index contributed by atoms with van der Waals surface area (Å²) in [4.78, 5) is 4.10. The zero-order chi connectivity index (χ0) is 18.0. The van der Waals surface area contributed by atoms with E-state index in [0.717, 1.165) is 16.8 Å². The largest absolute Gasteiger partial charge is 0.306 e. The summed E-state index contributed by atoms with van der Waals surface area (Å²) in [5, 5.41) is 0.218. The van der Waals surface area contributed by atoms with Crippen LogP contribution in [0.25, 0.3) is 5.69 Å². The fraction of sp³-hybridized carbons (Fsp3) is 0.167. The van der Waals surface area contributed by atoms with Gasteiger partial charge >= 0.3 is 0 Å². The van der Waals surface area contributed by atoms with Crippen LogP contribution in [0.1, 0.15) is 24.1 Å². The van der Waals surface area contributed by atoms with Crippen LogP contribution in [0.3, 0.4) is 0 Å². The first-order valence-electron chi connectivity index (χ1n) is 7.73. The first kappa shape index (κ1) is 17.7. The van der Waals surface area contributed by atoms with Crippen molar-refractivity contribution in [3.8, 4) is 5.69 Å². The number of aryl methyl sites for hydroxylation is 1. The van der Waals surface area contributed by atoms with Crippen LogP contribution in [0.4, 0.5) is 0 Å². The van der Waals surface area contributed by atoms with Gasteiger partial charge in [0.05, 0.1) is 11.3 Å². The van der Waals surface area contributed by atoms with Crippen molar-refractivity contribution in [2.24, 2.45) is 0 Å². The van der Waals surface area contributed by atoms with E-state index in [9.17, 15) is 8.42 Å². The van der Waals surface area contributed by atoms with E-state index in [0.29, 0.717) is 0 Å². The van der Waals surface area contributed by atoms with Crippen molar-refractivity contribution in [1.82, 2.24) is 14.3 Å². The number of imidazole rings is 1. The van der Waals surface area contributed by atoms with Crippen molar-refractivity contribution < 1.29 is 8.42 Å². The molecule has 1 unspecified atom stereocenters.